The van der Waals surface area contributed by atoms with Crippen LogP contribution in [0, 0.1) is 5.82 Å². The molecule has 0 aliphatic rings. The van der Waals surface area contributed by atoms with Crippen molar-refractivity contribution in [2.24, 2.45) is 7.05 Å². The number of benzene rings is 2. The van der Waals surface area contributed by atoms with Gasteiger partial charge in [0.15, 0.2) is 5.78 Å². The van der Waals surface area contributed by atoms with E-state index in [2.05, 4.69) is 9.44 Å². The number of rotatable bonds is 10. The molecule has 0 saturated heterocycles. The van der Waals surface area contributed by atoms with Crippen molar-refractivity contribution in [2.75, 3.05) is 0 Å². The van der Waals surface area contributed by atoms with E-state index in [1.54, 1.807) is 26.2 Å². The summed E-state index contributed by atoms with van der Waals surface area (Å²) in [5.41, 5.74) is 1.86. The number of pyridine rings is 1. The van der Waals surface area contributed by atoms with Gasteiger partial charge < -0.3 is 9.12 Å². The van der Waals surface area contributed by atoms with Crippen LogP contribution in [0.3, 0.4) is 0 Å². The second kappa shape index (κ2) is 13.0. The third-order valence-corrected chi connectivity index (χ3v) is 8.85. The second-order valence-corrected chi connectivity index (χ2v) is 13.5. The van der Waals surface area contributed by atoms with Crippen LogP contribution in [-0.4, -0.2) is 28.1 Å². The molecule has 3 unspecified atom stereocenters. The van der Waals surface area contributed by atoms with Gasteiger partial charge in [0.1, 0.15) is 5.82 Å². The van der Waals surface area contributed by atoms with Crippen LogP contribution < -0.4 is 15.0 Å². The summed E-state index contributed by atoms with van der Waals surface area (Å²) in [6, 6.07) is 8.29. The Labute approximate surface area is 243 Å². The largest absolute Gasteiger partial charge is 0.760 e. The van der Waals surface area contributed by atoms with Gasteiger partial charge in [-0.1, -0.05) is 18.5 Å². The summed E-state index contributed by atoms with van der Waals surface area (Å²) in [5, 5.41) is 0.144. The first kappa shape index (κ1) is 32.0. The number of hydrogen-bond donors (Lipinski definition) is 2. The lowest BCUT2D eigenvalue weighted by Crippen LogP contribution is -2.36. The Bertz CT molecular complexity index is 1520. The fraction of sp³-hybridized carbons (Fsp3) is 0.357. The van der Waals surface area contributed by atoms with E-state index in [4.69, 9.17) is 11.6 Å². The van der Waals surface area contributed by atoms with Gasteiger partial charge in [-0.25, -0.2) is 18.0 Å². The van der Waals surface area contributed by atoms with Gasteiger partial charge in [-0.15, -0.1) is 0 Å². The smallest absolute Gasteiger partial charge is 0.250 e. The average molecular weight is 609 g/mol. The number of aromatic nitrogens is 1. The van der Waals surface area contributed by atoms with Crippen molar-refractivity contribution in [1.82, 2.24) is 14.0 Å². The van der Waals surface area contributed by atoms with Gasteiger partial charge in [-0.05, 0) is 87.2 Å². The number of aryl methyl sites for hydroxylation is 1. The molecule has 4 atom stereocenters. The van der Waals surface area contributed by atoms with Gasteiger partial charge in [0.25, 0.3) is 5.56 Å². The van der Waals surface area contributed by atoms with Crippen LogP contribution in [0.25, 0.3) is 11.1 Å². The van der Waals surface area contributed by atoms with Crippen molar-refractivity contribution in [3.8, 4) is 11.1 Å². The molecule has 8 nitrogen and oxygen atoms in total. The minimum absolute atomic E-state index is 0.144. The van der Waals surface area contributed by atoms with Gasteiger partial charge in [0.05, 0.1) is 15.7 Å². The molecule has 0 amide bonds. The Morgan fingerprint density at radius 3 is 2.25 bits per heavy atom. The quantitative estimate of drug-likeness (QED) is 0.247. The summed E-state index contributed by atoms with van der Waals surface area (Å²) in [6.45, 7) is 8.96. The Hall–Kier alpha value is -2.54. The average Bonchev–Trinajstić information content (AvgIpc) is 2.87. The summed E-state index contributed by atoms with van der Waals surface area (Å²) in [4.78, 5) is 26.6. The lowest BCUT2D eigenvalue weighted by Gasteiger charge is -2.26. The van der Waals surface area contributed by atoms with E-state index in [9.17, 15) is 27.0 Å². The molecule has 0 aliphatic heterocycles. The highest BCUT2D eigenvalue weighted by Crippen LogP contribution is 2.37. The molecule has 1 heterocycles. The maximum atomic E-state index is 13.7. The summed E-state index contributed by atoms with van der Waals surface area (Å²) >= 11 is 3.98. The van der Waals surface area contributed by atoms with Crippen LogP contribution in [0.4, 0.5) is 4.39 Å². The second-order valence-electron chi connectivity index (χ2n) is 10.4. The van der Waals surface area contributed by atoms with Crippen LogP contribution in [0.15, 0.2) is 53.5 Å². The Morgan fingerprint density at radius 2 is 1.70 bits per heavy atom. The fourth-order valence-electron chi connectivity index (χ4n) is 4.13. The van der Waals surface area contributed by atoms with E-state index in [0.717, 1.165) is 0 Å². The summed E-state index contributed by atoms with van der Waals surface area (Å²) in [5.74, 6) is -0.949. The van der Waals surface area contributed by atoms with E-state index in [1.807, 2.05) is 27.7 Å². The van der Waals surface area contributed by atoms with Crippen molar-refractivity contribution in [3.63, 3.8) is 0 Å². The van der Waals surface area contributed by atoms with Crippen LogP contribution >= 0.6 is 11.6 Å². The van der Waals surface area contributed by atoms with E-state index in [0.29, 0.717) is 28.7 Å². The summed E-state index contributed by atoms with van der Waals surface area (Å²) in [6.07, 6.45) is 2.05. The van der Waals surface area contributed by atoms with Crippen molar-refractivity contribution in [2.45, 2.75) is 57.9 Å². The Morgan fingerprint density at radius 1 is 1.07 bits per heavy atom. The normalized spacial score (nSPS) is 14.9. The van der Waals surface area contributed by atoms with E-state index in [-0.39, 0.29) is 21.7 Å². The Kier molecular flexibility index (Phi) is 10.4. The van der Waals surface area contributed by atoms with Crippen LogP contribution in [0.2, 0.25) is 5.02 Å². The number of hydrogen-bond acceptors (Lipinski definition) is 5. The molecular weight excluding hydrogens is 577 g/mol. The zero-order chi connectivity index (χ0) is 29.9. The molecule has 2 N–H and O–H groups in total. The van der Waals surface area contributed by atoms with Crippen molar-refractivity contribution in [3.05, 3.63) is 92.1 Å². The monoisotopic (exact) mass is 608 g/mol. The number of carbonyl (C=O) groups is 1. The molecule has 0 spiro atoms. The van der Waals surface area contributed by atoms with Gasteiger partial charge >= 0.3 is 0 Å². The molecule has 3 aromatic rings. The van der Waals surface area contributed by atoms with Crippen molar-refractivity contribution >= 4 is 39.6 Å². The number of nitrogens with one attached hydrogen (secondary N) is 2. The third kappa shape index (κ3) is 7.39. The van der Waals surface area contributed by atoms with E-state index < -0.39 is 50.7 Å². The maximum Gasteiger partial charge on any atom is 0.250 e. The minimum Gasteiger partial charge on any atom is -0.760 e. The van der Waals surface area contributed by atoms with Gasteiger partial charge in [0.2, 0.25) is 0 Å². The number of nitrogens with zero attached hydrogens (tertiary/aromatic N) is 1. The fourth-order valence-corrected chi connectivity index (χ4v) is 5.78. The molecular formula is C28H32ClFN3O5S2-. The third-order valence-electron chi connectivity index (χ3n) is 6.37. The molecule has 0 radical (unpaired) electrons. The molecule has 0 bridgehead atoms. The highest BCUT2D eigenvalue weighted by Gasteiger charge is 2.27. The molecule has 40 heavy (non-hydrogen) atoms. The summed E-state index contributed by atoms with van der Waals surface area (Å²) in [7, 11) is 0.0963. The predicted octanol–water partition coefficient (Wildman–Crippen LogP) is 5.02. The zero-order valence-electron chi connectivity index (χ0n) is 23.0. The van der Waals surface area contributed by atoms with Crippen LogP contribution in [-0.2, 0) is 29.3 Å². The first-order valence-corrected chi connectivity index (χ1v) is 15.1. The first-order valence-electron chi connectivity index (χ1n) is 12.5. The maximum absolute atomic E-state index is 13.7. The van der Waals surface area contributed by atoms with Crippen molar-refractivity contribution in [1.29, 1.82) is 0 Å². The molecule has 3 rings (SSSR count). The van der Waals surface area contributed by atoms with Crippen molar-refractivity contribution < 1.29 is 22.2 Å². The number of halogens is 2. The molecule has 0 fully saturated rings. The minimum atomic E-state index is -2.59. The molecule has 216 valence electrons. The molecule has 1 aromatic heterocycles. The standard InChI is InChI=1S/C28H33ClFN3O5S2/c1-7-25(32-39(36)28(3,4)5)21-14-26(34)33(6)15-23(21)20-12-19(16(2)31-40(37)38)24(29)13-22(20)27(35)17-8-10-18(30)11-9-17/h8-16,25,31-32H,7H2,1-6H3,(H,37,38)/p-1/t16?,25-,39?/m0/s1. The molecule has 0 aliphatic carbocycles. The highest BCUT2D eigenvalue weighted by atomic mass is 35.5. The van der Waals surface area contributed by atoms with E-state index >= 15 is 0 Å². The lowest BCUT2D eigenvalue weighted by atomic mass is 9.88. The molecule has 0 saturated carbocycles. The first-order chi connectivity index (χ1) is 18.6. The van der Waals surface area contributed by atoms with Crippen LogP contribution in [0.5, 0.6) is 0 Å². The SMILES string of the molecule is CC[C@H](NS(=O)C(C)(C)C)c1cc(=O)n(C)cc1-c1cc(C(C)NS(=O)[O-])c(Cl)cc1C(=O)c1ccc(F)cc1. The number of carbonyl (C=O) groups excluding carboxylic acids is 1. The van der Waals surface area contributed by atoms with Crippen LogP contribution in [0.1, 0.15) is 80.2 Å². The summed E-state index contributed by atoms with van der Waals surface area (Å²) < 4.78 is 55.7. The van der Waals surface area contributed by atoms with Gasteiger partial charge in [0, 0.05) is 64.4 Å². The topological polar surface area (TPSA) is 120 Å². The van der Waals surface area contributed by atoms with Gasteiger partial charge in [-0.3, -0.25) is 13.8 Å². The predicted molar refractivity (Wildman–Crippen MR) is 156 cm³/mol. The lowest BCUT2D eigenvalue weighted by molar-refractivity contribution is 0.103. The van der Waals surface area contributed by atoms with E-state index in [1.165, 1.54) is 41.0 Å². The number of ketones is 1. The highest BCUT2D eigenvalue weighted by molar-refractivity contribution is 7.84. The molecule has 12 heteroatoms. The zero-order valence-corrected chi connectivity index (χ0v) is 25.4. The van der Waals surface area contributed by atoms with Gasteiger partial charge in [-0.2, -0.15) is 0 Å². The Balaban J connectivity index is 2.35. The molecule has 2 aromatic carbocycles.